The van der Waals surface area contributed by atoms with Crippen LogP contribution in [-0.4, -0.2) is 44.2 Å². The Hall–Kier alpha value is -3.10. The van der Waals surface area contributed by atoms with Crippen LogP contribution in [0.15, 0.2) is 61.1 Å². The number of aromatic nitrogens is 4. The highest BCUT2D eigenvalue weighted by atomic mass is 16.5. The van der Waals surface area contributed by atoms with Crippen LogP contribution in [0, 0.1) is 52.3 Å². The van der Waals surface area contributed by atoms with Crippen LogP contribution in [0.3, 0.4) is 0 Å². The fraction of sp³-hybridized carbons (Fsp3) is 0.674. The van der Waals surface area contributed by atoms with E-state index >= 15 is 0 Å². The average Bonchev–Trinajstić information content (AvgIpc) is 3.82. The molecule has 2 aromatic heterocycles. The predicted octanol–water partition coefficient (Wildman–Crippen LogP) is 8.01. The number of carbonyl (C=O) groups is 1. The number of nitrogens with one attached hydrogen (secondary N) is 1. The molecule has 0 unspecified atom stereocenters. The van der Waals surface area contributed by atoms with Gasteiger partial charge >= 0.3 is 0 Å². The van der Waals surface area contributed by atoms with Gasteiger partial charge in [0.15, 0.2) is 0 Å². The monoisotopic (exact) mass is 693 g/mol. The zero-order valence-corrected chi connectivity index (χ0v) is 31.3. The van der Waals surface area contributed by atoms with Crippen LogP contribution < -0.4 is 5.32 Å². The normalized spacial score (nSPS) is 37.5. The number of carbonyl (C=O) groups excluding carboxylic acids is 1. The third-order valence-corrected chi connectivity index (χ3v) is 15.0. The fourth-order valence-electron chi connectivity index (χ4n) is 12.2. The van der Waals surface area contributed by atoms with Crippen LogP contribution in [0.1, 0.15) is 109 Å². The van der Waals surface area contributed by atoms with Crippen molar-refractivity contribution in [3.8, 4) is 0 Å². The van der Waals surface area contributed by atoms with Gasteiger partial charge in [-0.1, -0.05) is 63.2 Å². The molecule has 8 nitrogen and oxygen atoms in total. The van der Waals surface area contributed by atoms with Crippen molar-refractivity contribution in [2.75, 3.05) is 0 Å². The molecule has 4 saturated carbocycles. The van der Waals surface area contributed by atoms with E-state index in [-0.39, 0.29) is 17.9 Å². The van der Waals surface area contributed by atoms with Gasteiger partial charge in [0.2, 0.25) is 5.91 Å². The summed E-state index contributed by atoms with van der Waals surface area (Å²) in [6.07, 6.45) is 18.8. The highest BCUT2D eigenvalue weighted by molar-refractivity contribution is 5.78. The first-order chi connectivity index (χ1) is 24.7. The number of fused-ring (bicyclic) bond motifs is 7. The smallest absolute Gasteiger partial charge is 0.223 e. The molecule has 1 aliphatic heterocycles. The summed E-state index contributed by atoms with van der Waals surface area (Å²) in [5.41, 5.74) is 4.00. The van der Waals surface area contributed by atoms with Gasteiger partial charge in [-0.25, -0.2) is 4.68 Å². The number of amides is 1. The van der Waals surface area contributed by atoms with E-state index in [9.17, 15) is 4.79 Å². The van der Waals surface area contributed by atoms with E-state index in [0.29, 0.717) is 48.0 Å². The Morgan fingerprint density at radius 2 is 1.80 bits per heavy atom. The van der Waals surface area contributed by atoms with Crippen LogP contribution in [0.4, 0.5) is 0 Å². The molecule has 8 heteroatoms. The molecule has 1 amide bonds. The molecule has 3 aromatic rings. The van der Waals surface area contributed by atoms with E-state index < -0.39 is 0 Å². The molecule has 1 aromatic carbocycles. The molecular formula is C43H59N5O3. The molecule has 1 saturated heterocycles. The van der Waals surface area contributed by atoms with Crippen LogP contribution >= 0.6 is 0 Å². The largest absolute Gasteiger partial charge is 0.374 e. The molecule has 8 rings (SSSR count). The van der Waals surface area contributed by atoms with Crippen LogP contribution in [0.2, 0.25) is 0 Å². The van der Waals surface area contributed by atoms with Crippen LogP contribution in [0.25, 0.3) is 0 Å². The van der Waals surface area contributed by atoms with Gasteiger partial charge in [-0.15, -0.1) is 5.10 Å². The summed E-state index contributed by atoms with van der Waals surface area (Å²) in [7, 11) is 0. The molecule has 0 radical (unpaired) electrons. The van der Waals surface area contributed by atoms with Crippen molar-refractivity contribution < 1.29 is 14.3 Å². The maximum Gasteiger partial charge on any atom is 0.223 e. The van der Waals surface area contributed by atoms with E-state index in [0.717, 1.165) is 54.4 Å². The Kier molecular flexibility index (Phi) is 9.85. The molecule has 274 valence electrons. The van der Waals surface area contributed by atoms with E-state index in [2.05, 4.69) is 78.6 Å². The third kappa shape index (κ3) is 6.80. The zero-order chi connectivity index (χ0) is 35.2. The Labute approximate surface area is 304 Å². The van der Waals surface area contributed by atoms with Gasteiger partial charge in [-0.2, -0.15) is 0 Å². The number of benzene rings is 1. The first kappa shape index (κ1) is 35.0. The Bertz CT molecular complexity index is 1630. The number of hydrogen-bond donors (Lipinski definition) is 1. The van der Waals surface area contributed by atoms with Gasteiger partial charge in [0, 0.05) is 18.3 Å². The number of rotatable bonds is 11. The molecule has 3 heterocycles. The van der Waals surface area contributed by atoms with Gasteiger partial charge in [-0.3, -0.25) is 9.78 Å². The quantitative estimate of drug-likeness (QED) is 0.219. The summed E-state index contributed by atoms with van der Waals surface area (Å²) in [4.78, 5) is 17.2. The van der Waals surface area contributed by atoms with E-state index in [1.807, 2.05) is 18.3 Å². The second-order valence-corrected chi connectivity index (χ2v) is 17.7. The van der Waals surface area contributed by atoms with Crippen molar-refractivity contribution >= 4 is 5.91 Å². The van der Waals surface area contributed by atoms with Gasteiger partial charge in [0.05, 0.1) is 44.2 Å². The minimum Gasteiger partial charge on any atom is -0.374 e. The topological polar surface area (TPSA) is 91.2 Å². The summed E-state index contributed by atoms with van der Waals surface area (Å²) in [6, 6.07) is 14.6. The van der Waals surface area contributed by atoms with E-state index in [1.165, 1.54) is 56.9 Å². The van der Waals surface area contributed by atoms with Crippen molar-refractivity contribution in [2.24, 2.45) is 52.3 Å². The van der Waals surface area contributed by atoms with E-state index in [1.54, 1.807) is 17.1 Å². The van der Waals surface area contributed by atoms with Crippen LogP contribution in [-0.2, 0) is 34.0 Å². The molecule has 51 heavy (non-hydrogen) atoms. The van der Waals surface area contributed by atoms with Crippen LogP contribution in [0.5, 0.6) is 0 Å². The Morgan fingerprint density at radius 1 is 1.00 bits per heavy atom. The molecule has 4 aliphatic carbocycles. The highest BCUT2D eigenvalue weighted by Crippen LogP contribution is 2.70. The van der Waals surface area contributed by atoms with Gasteiger partial charge in [0.25, 0.3) is 0 Å². The Balaban J connectivity index is 0.816. The minimum absolute atomic E-state index is 0.0679. The van der Waals surface area contributed by atoms with Crippen molar-refractivity contribution in [1.82, 2.24) is 25.3 Å². The van der Waals surface area contributed by atoms with Crippen molar-refractivity contribution in [3.63, 3.8) is 0 Å². The van der Waals surface area contributed by atoms with Gasteiger partial charge in [0.1, 0.15) is 5.69 Å². The molecule has 1 N–H and O–H groups in total. The van der Waals surface area contributed by atoms with E-state index in [4.69, 9.17) is 9.47 Å². The SMILES string of the molecule is C[C@H]1[C@H]2[C@H](C[C@H]3[C@@H]4CC[C@@H]5C[C@@H](OCc6ccccc6)CC[C@]5(C)[C@H]4CC[C@]23C)O[C@@H]1CC[C@H](C)C(=O)NCc1cn(Cc2ccncc2)nn1. The predicted molar refractivity (Wildman–Crippen MR) is 197 cm³/mol. The molecule has 12 atom stereocenters. The van der Waals surface area contributed by atoms with Crippen molar-refractivity contribution in [1.29, 1.82) is 0 Å². The lowest BCUT2D eigenvalue weighted by molar-refractivity contribution is -0.139. The number of ether oxygens (including phenoxy) is 2. The first-order valence-corrected chi connectivity index (χ1v) is 20.1. The molecule has 5 aliphatic rings. The lowest BCUT2D eigenvalue weighted by Crippen LogP contribution is -2.54. The highest BCUT2D eigenvalue weighted by Gasteiger charge is 2.65. The summed E-state index contributed by atoms with van der Waals surface area (Å²) < 4.78 is 15.3. The van der Waals surface area contributed by atoms with Crippen molar-refractivity contribution in [2.45, 2.75) is 130 Å². The summed E-state index contributed by atoms with van der Waals surface area (Å²) in [6.45, 7) is 11.6. The van der Waals surface area contributed by atoms with Gasteiger partial charge < -0.3 is 14.8 Å². The summed E-state index contributed by atoms with van der Waals surface area (Å²) in [5, 5.41) is 11.6. The second-order valence-electron chi connectivity index (χ2n) is 17.7. The number of pyridine rings is 1. The summed E-state index contributed by atoms with van der Waals surface area (Å²) in [5.74, 6) is 4.46. The maximum absolute atomic E-state index is 13.1. The standard InChI is InChI=1S/C43H59N5O3/c1-28(41(49)45-24-33-26-48(47-46-33)25-30-16-20-44-21-17-30)10-13-38-29(2)40-39(51-38)23-37-35-12-11-32-22-34(50-27-31-8-6-5-7-9-31)14-18-42(32,3)36(35)15-19-43(37,40)4/h5-9,16-17,20-21,26,28-29,32,34-40H,10-15,18-19,22-25,27H2,1-4H3,(H,45,49)/t28-,29+,32+,34-,35+,36-,37-,38+,39-,40-,42-,43-/m0/s1. The first-order valence-electron chi connectivity index (χ1n) is 20.1. The van der Waals surface area contributed by atoms with Crippen molar-refractivity contribution in [3.05, 3.63) is 77.9 Å². The summed E-state index contributed by atoms with van der Waals surface area (Å²) >= 11 is 0. The third-order valence-electron chi connectivity index (χ3n) is 15.0. The minimum atomic E-state index is -0.0679. The zero-order valence-electron chi connectivity index (χ0n) is 31.3. The Morgan fingerprint density at radius 3 is 2.63 bits per heavy atom. The number of nitrogens with zero attached hydrogens (tertiary/aromatic N) is 4. The molecule has 0 bridgehead atoms. The van der Waals surface area contributed by atoms with Gasteiger partial charge in [-0.05, 0) is 134 Å². The maximum atomic E-state index is 13.1. The average molecular weight is 694 g/mol. The molecular weight excluding hydrogens is 635 g/mol. The second kappa shape index (κ2) is 14.4. The molecule has 0 spiro atoms. The lowest BCUT2D eigenvalue weighted by atomic mass is 9.44. The number of hydrogen-bond acceptors (Lipinski definition) is 6. The fourth-order valence-corrected chi connectivity index (χ4v) is 12.2. The lowest BCUT2D eigenvalue weighted by Gasteiger charge is -2.61. The molecule has 5 fully saturated rings.